The Morgan fingerprint density at radius 2 is 1.94 bits per heavy atom. The summed E-state index contributed by atoms with van der Waals surface area (Å²) in [7, 11) is 0. The highest BCUT2D eigenvalue weighted by molar-refractivity contribution is 6.20. The zero-order valence-electron chi connectivity index (χ0n) is 10.3. The summed E-state index contributed by atoms with van der Waals surface area (Å²) < 4.78 is 0. The molecule has 5 nitrogen and oxygen atoms in total. The summed E-state index contributed by atoms with van der Waals surface area (Å²) in [6.45, 7) is 3.19. The predicted octanol–water partition coefficient (Wildman–Crippen LogP) is 1.49. The van der Waals surface area contributed by atoms with E-state index >= 15 is 0 Å². The van der Waals surface area contributed by atoms with Gasteiger partial charge in [-0.05, 0) is 31.5 Å². The SMILES string of the molecule is CC(=O)C(=C(C)N)c1ccc2ncnc(N)c2c1. The molecule has 0 spiro atoms. The largest absolute Gasteiger partial charge is 0.402 e. The van der Waals surface area contributed by atoms with Gasteiger partial charge < -0.3 is 11.5 Å². The van der Waals surface area contributed by atoms with E-state index in [0.717, 1.165) is 16.5 Å². The fraction of sp³-hybridized carbons (Fsp3) is 0.154. The molecule has 0 unspecified atom stereocenters. The first-order valence-corrected chi connectivity index (χ1v) is 5.48. The number of hydrogen-bond acceptors (Lipinski definition) is 5. The number of anilines is 1. The molecular formula is C13H14N4O. The molecule has 0 radical (unpaired) electrons. The van der Waals surface area contributed by atoms with E-state index in [-0.39, 0.29) is 5.78 Å². The number of ketones is 1. The van der Waals surface area contributed by atoms with E-state index in [1.165, 1.54) is 13.3 Å². The minimum atomic E-state index is -0.0789. The molecule has 1 aromatic carbocycles. The molecule has 2 rings (SSSR count). The van der Waals surface area contributed by atoms with Crippen LogP contribution in [0.4, 0.5) is 5.82 Å². The predicted molar refractivity (Wildman–Crippen MR) is 71.4 cm³/mol. The number of allylic oxidation sites excluding steroid dienone is 2. The lowest BCUT2D eigenvalue weighted by molar-refractivity contribution is -0.111. The van der Waals surface area contributed by atoms with Crippen LogP contribution in [0.1, 0.15) is 19.4 Å². The molecule has 0 fully saturated rings. The summed E-state index contributed by atoms with van der Waals surface area (Å²) in [5, 5.41) is 0.718. The van der Waals surface area contributed by atoms with E-state index in [2.05, 4.69) is 9.97 Å². The quantitative estimate of drug-likeness (QED) is 0.778. The maximum absolute atomic E-state index is 11.6. The van der Waals surface area contributed by atoms with Crippen LogP contribution in [0.3, 0.4) is 0 Å². The number of fused-ring (bicyclic) bond motifs is 1. The number of carbonyl (C=O) groups excluding carboxylic acids is 1. The van der Waals surface area contributed by atoms with Crippen LogP contribution in [0.25, 0.3) is 16.5 Å². The highest BCUT2D eigenvalue weighted by atomic mass is 16.1. The molecule has 0 aliphatic heterocycles. The molecule has 2 aromatic rings. The van der Waals surface area contributed by atoms with Gasteiger partial charge in [0.25, 0.3) is 0 Å². The standard InChI is InChI=1S/C13H14N4O/c1-7(14)12(8(2)18)9-3-4-11-10(5-9)13(15)17-6-16-11/h3-6H,14H2,1-2H3,(H2,15,16,17). The lowest BCUT2D eigenvalue weighted by Gasteiger charge is -2.08. The average molecular weight is 242 g/mol. The molecule has 18 heavy (non-hydrogen) atoms. The molecule has 0 aliphatic rings. The monoisotopic (exact) mass is 242 g/mol. The Morgan fingerprint density at radius 1 is 1.22 bits per heavy atom. The number of nitrogen functional groups attached to an aromatic ring is 1. The van der Waals surface area contributed by atoms with Crippen LogP contribution in [-0.4, -0.2) is 15.8 Å². The van der Waals surface area contributed by atoms with Crippen LogP contribution in [0.15, 0.2) is 30.2 Å². The first-order chi connectivity index (χ1) is 8.50. The number of benzene rings is 1. The molecule has 0 bridgehead atoms. The maximum atomic E-state index is 11.6. The molecule has 4 N–H and O–H groups in total. The second-order valence-electron chi connectivity index (χ2n) is 4.11. The second-order valence-corrected chi connectivity index (χ2v) is 4.11. The van der Waals surface area contributed by atoms with Gasteiger partial charge in [0.2, 0.25) is 0 Å². The van der Waals surface area contributed by atoms with Gasteiger partial charge in [0.15, 0.2) is 5.78 Å². The summed E-state index contributed by atoms with van der Waals surface area (Å²) in [5.74, 6) is 0.309. The van der Waals surface area contributed by atoms with E-state index in [0.29, 0.717) is 17.1 Å². The third-order valence-corrected chi connectivity index (χ3v) is 2.70. The molecule has 5 heteroatoms. The van der Waals surface area contributed by atoms with E-state index < -0.39 is 0 Å². The fourth-order valence-electron chi connectivity index (χ4n) is 1.94. The van der Waals surface area contributed by atoms with Gasteiger partial charge >= 0.3 is 0 Å². The van der Waals surface area contributed by atoms with Crippen LogP contribution in [-0.2, 0) is 4.79 Å². The number of nitrogens with zero attached hydrogens (tertiary/aromatic N) is 2. The Bertz CT molecular complexity index is 657. The van der Waals surface area contributed by atoms with E-state index in [1.54, 1.807) is 19.1 Å². The first-order valence-electron chi connectivity index (χ1n) is 5.48. The summed E-state index contributed by atoms with van der Waals surface area (Å²) in [5.41, 5.74) is 14.0. The summed E-state index contributed by atoms with van der Waals surface area (Å²) in [6.07, 6.45) is 1.41. The van der Waals surface area contributed by atoms with Crippen molar-refractivity contribution in [1.82, 2.24) is 9.97 Å². The molecule has 0 atom stereocenters. The van der Waals surface area contributed by atoms with Gasteiger partial charge in [-0.2, -0.15) is 0 Å². The third kappa shape index (κ3) is 2.02. The van der Waals surface area contributed by atoms with Crippen molar-refractivity contribution in [1.29, 1.82) is 0 Å². The topological polar surface area (TPSA) is 94.9 Å². The minimum absolute atomic E-state index is 0.0789. The Balaban J connectivity index is 2.71. The van der Waals surface area contributed by atoms with Gasteiger partial charge in [-0.15, -0.1) is 0 Å². The minimum Gasteiger partial charge on any atom is -0.402 e. The van der Waals surface area contributed by atoms with E-state index in [1.807, 2.05) is 6.07 Å². The number of aromatic nitrogens is 2. The zero-order valence-corrected chi connectivity index (χ0v) is 10.3. The number of Topliss-reactive ketones (excluding diaryl/α,β-unsaturated/α-hetero) is 1. The molecule has 0 amide bonds. The van der Waals surface area contributed by atoms with Crippen molar-refractivity contribution in [3.8, 4) is 0 Å². The lowest BCUT2D eigenvalue weighted by atomic mass is 9.99. The van der Waals surface area contributed by atoms with Crippen LogP contribution >= 0.6 is 0 Å². The molecule has 0 saturated heterocycles. The summed E-state index contributed by atoms with van der Waals surface area (Å²) in [4.78, 5) is 19.6. The normalized spacial score (nSPS) is 12.3. The number of nitrogens with two attached hydrogens (primary N) is 2. The summed E-state index contributed by atoms with van der Waals surface area (Å²) >= 11 is 0. The van der Waals surface area contributed by atoms with Crippen LogP contribution in [0.5, 0.6) is 0 Å². The van der Waals surface area contributed by atoms with Crippen LogP contribution < -0.4 is 11.5 Å². The first kappa shape index (κ1) is 12.0. The van der Waals surface area contributed by atoms with Crippen molar-refractivity contribution in [3.63, 3.8) is 0 Å². The maximum Gasteiger partial charge on any atom is 0.162 e. The molecule has 0 saturated carbocycles. The summed E-state index contributed by atoms with van der Waals surface area (Å²) in [6, 6.07) is 5.40. The van der Waals surface area contributed by atoms with Crippen LogP contribution in [0.2, 0.25) is 0 Å². The van der Waals surface area contributed by atoms with Gasteiger partial charge in [0.05, 0.1) is 5.52 Å². The van der Waals surface area contributed by atoms with E-state index in [4.69, 9.17) is 11.5 Å². The fourth-order valence-corrected chi connectivity index (χ4v) is 1.94. The molecule has 1 heterocycles. The highest BCUT2D eigenvalue weighted by Gasteiger charge is 2.11. The number of carbonyl (C=O) groups is 1. The van der Waals surface area contributed by atoms with Crippen molar-refractivity contribution in [2.24, 2.45) is 5.73 Å². The van der Waals surface area contributed by atoms with Gasteiger partial charge in [-0.1, -0.05) is 6.07 Å². The van der Waals surface area contributed by atoms with Crippen molar-refractivity contribution in [2.75, 3.05) is 5.73 Å². The zero-order chi connectivity index (χ0) is 13.3. The second kappa shape index (κ2) is 4.44. The smallest absolute Gasteiger partial charge is 0.162 e. The lowest BCUT2D eigenvalue weighted by Crippen LogP contribution is -2.05. The molecular weight excluding hydrogens is 228 g/mol. The van der Waals surface area contributed by atoms with Crippen molar-refractivity contribution >= 4 is 28.1 Å². The molecule has 0 aliphatic carbocycles. The van der Waals surface area contributed by atoms with Crippen molar-refractivity contribution < 1.29 is 4.79 Å². The Morgan fingerprint density at radius 3 is 2.56 bits per heavy atom. The van der Waals surface area contributed by atoms with E-state index in [9.17, 15) is 4.79 Å². The molecule has 92 valence electrons. The third-order valence-electron chi connectivity index (χ3n) is 2.70. The highest BCUT2D eigenvalue weighted by Crippen LogP contribution is 2.24. The Labute approximate surface area is 105 Å². The average Bonchev–Trinajstić information content (AvgIpc) is 2.29. The van der Waals surface area contributed by atoms with Crippen molar-refractivity contribution in [3.05, 3.63) is 35.8 Å². The Hall–Kier alpha value is -2.43. The van der Waals surface area contributed by atoms with Crippen LogP contribution in [0, 0.1) is 0 Å². The van der Waals surface area contributed by atoms with Gasteiger partial charge in [0.1, 0.15) is 12.1 Å². The Kier molecular flexibility index (Phi) is 2.97. The van der Waals surface area contributed by atoms with Crippen molar-refractivity contribution in [2.45, 2.75) is 13.8 Å². The van der Waals surface area contributed by atoms with Gasteiger partial charge in [0, 0.05) is 16.7 Å². The number of rotatable bonds is 2. The molecule has 1 aromatic heterocycles. The van der Waals surface area contributed by atoms with Gasteiger partial charge in [-0.3, -0.25) is 4.79 Å². The van der Waals surface area contributed by atoms with Gasteiger partial charge in [-0.25, -0.2) is 9.97 Å². The number of hydrogen-bond donors (Lipinski definition) is 2.